The Kier molecular flexibility index (Phi) is 4.38. The third-order valence-corrected chi connectivity index (χ3v) is 2.98. The molecule has 6 nitrogen and oxygen atoms in total. The molecular weight excluding hydrogens is 234 g/mol. The zero-order chi connectivity index (χ0) is 13.9. The molecule has 0 spiro atoms. The van der Waals surface area contributed by atoms with Crippen LogP contribution in [-0.2, 0) is 0 Å². The number of rotatable bonds is 4. The first-order valence-electron chi connectivity index (χ1n) is 5.60. The third kappa shape index (κ3) is 2.84. The molecule has 0 heterocycles. The number of carbonyl (C=O) groups is 1. The van der Waals surface area contributed by atoms with Crippen molar-refractivity contribution < 1.29 is 9.72 Å². The molecule has 0 aliphatic rings. The molecular formula is C12H17N3O3. The van der Waals surface area contributed by atoms with Crippen LogP contribution in [0.4, 0.5) is 5.69 Å². The number of non-ortho nitro benzene ring substituents is 1. The number of nitro groups is 1. The van der Waals surface area contributed by atoms with Gasteiger partial charge in [0.05, 0.1) is 4.92 Å². The molecule has 0 aliphatic heterocycles. The van der Waals surface area contributed by atoms with E-state index in [0.717, 1.165) is 0 Å². The van der Waals surface area contributed by atoms with Crippen molar-refractivity contribution in [2.24, 2.45) is 5.73 Å². The lowest BCUT2D eigenvalue weighted by Crippen LogP contribution is -2.40. The Bertz CT molecular complexity index is 474. The molecule has 0 aromatic heterocycles. The number of nitrogens with zero attached hydrogens (tertiary/aromatic N) is 2. The molecule has 0 aliphatic carbocycles. The van der Waals surface area contributed by atoms with Crippen molar-refractivity contribution in [3.8, 4) is 0 Å². The van der Waals surface area contributed by atoms with Gasteiger partial charge in [0.2, 0.25) is 0 Å². The second-order valence-corrected chi connectivity index (χ2v) is 4.26. The molecule has 1 amide bonds. The van der Waals surface area contributed by atoms with Crippen LogP contribution in [-0.4, -0.2) is 35.4 Å². The monoisotopic (exact) mass is 251 g/mol. The number of nitro benzene ring substituents is 1. The zero-order valence-electron chi connectivity index (χ0n) is 10.7. The fourth-order valence-electron chi connectivity index (χ4n) is 1.50. The fourth-order valence-corrected chi connectivity index (χ4v) is 1.50. The van der Waals surface area contributed by atoms with Gasteiger partial charge in [0.25, 0.3) is 11.6 Å². The van der Waals surface area contributed by atoms with Crippen LogP contribution in [0, 0.1) is 17.0 Å². The topological polar surface area (TPSA) is 89.5 Å². The summed E-state index contributed by atoms with van der Waals surface area (Å²) in [6.07, 6.45) is 0. The molecule has 18 heavy (non-hydrogen) atoms. The summed E-state index contributed by atoms with van der Waals surface area (Å²) in [4.78, 5) is 23.9. The van der Waals surface area contributed by atoms with E-state index in [1.165, 1.54) is 17.0 Å². The normalized spacial score (nSPS) is 12.0. The Balaban J connectivity index is 3.12. The SMILES string of the molecule is Cc1ccc([N+](=O)[O-])cc1C(=O)N(C)C(C)CN. The molecule has 1 rings (SSSR count). The summed E-state index contributed by atoms with van der Waals surface area (Å²) in [6, 6.07) is 4.15. The van der Waals surface area contributed by atoms with Crippen LogP contribution in [0.15, 0.2) is 18.2 Å². The lowest BCUT2D eigenvalue weighted by Gasteiger charge is -2.24. The number of hydrogen-bond acceptors (Lipinski definition) is 4. The van der Waals surface area contributed by atoms with Gasteiger partial charge in [-0.25, -0.2) is 0 Å². The lowest BCUT2D eigenvalue weighted by atomic mass is 10.1. The van der Waals surface area contributed by atoms with E-state index in [0.29, 0.717) is 17.7 Å². The molecule has 1 aromatic rings. The molecule has 0 fully saturated rings. The van der Waals surface area contributed by atoms with Crippen molar-refractivity contribution in [2.75, 3.05) is 13.6 Å². The molecule has 1 atom stereocenters. The third-order valence-electron chi connectivity index (χ3n) is 2.98. The van der Waals surface area contributed by atoms with Gasteiger partial charge in [-0.05, 0) is 19.4 Å². The van der Waals surface area contributed by atoms with Gasteiger partial charge < -0.3 is 10.6 Å². The van der Waals surface area contributed by atoms with Crippen LogP contribution in [0.1, 0.15) is 22.8 Å². The minimum atomic E-state index is -0.511. The Labute approximate surface area is 106 Å². The molecule has 98 valence electrons. The number of nitrogens with two attached hydrogens (primary N) is 1. The Hall–Kier alpha value is -1.95. The van der Waals surface area contributed by atoms with Crippen LogP contribution in [0.25, 0.3) is 0 Å². The Morgan fingerprint density at radius 1 is 1.56 bits per heavy atom. The maximum absolute atomic E-state index is 12.2. The van der Waals surface area contributed by atoms with Gasteiger partial charge in [-0.2, -0.15) is 0 Å². The summed E-state index contributed by atoms with van der Waals surface area (Å²) in [5.41, 5.74) is 6.47. The quantitative estimate of drug-likeness (QED) is 0.645. The average molecular weight is 251 g/mol. The maximum atomic E-state index is 12.2. The van der Waals surface area contributed by atoms with E-state index >= 15 is 0 Å². The van der Waals surface area contributed by atoms with E-state index < -0.39 is 4.92 Å². The van der Waals surface area contributed by atoms with Crippen molar-refractivity contribution in [1.82, 2.24) is 4.90 Å². The zero-order valence-corrected chi connectivity index (χ0v) is 10.7. The number of likely N-dealkylation sites (N-methyl/N-ethyl adjacent to an activating group) is 1. The predicted molar refractivity (Wildman–Crippen MR) is 68.4 cm³/mol. The van der Waals surface area contributed by atoms with Crippen molar-refractivity contribution in [3.05, 3.63) is 39.4 Å². The molecule has 0 saturated heterocycles. The highest BCUT2D eigenvalue weighted by Crippen LogP contribution is 2.19. The van der Waals surface area contributed by atoms with Gasteiger partial charge in [0.15, 0.2) is 0 Å². The highest BCUT2D eigenvalue weighted by Gasteiger charge is 2.20. The van der Waals surface area contributed by atoms with Crippen molar-refractivity contribution in [2.45, 2.75) is 19.9 Å². The summed E-state index contributed by atoms with van der Waals surface area (Å²) >= 11 is 0. The van der Waals surface area contributed by atoms with E-state index in [1.807, 2.05) is 6.92 Å². The van der Waals surface area contributed by atoms with Crippen LogP contribution < -0.4 is 5.73 Å². The molecule has 0 radical (unpaired) electrons. The van der Waals surface area contributed by atoms with Gasteiger partial charge in [0, 0.05) is 37.3 Å². The number of aryl methyl sites for hydroxylation is 1. The highest BCUT2D eigenvalue weighted by molar-refractivity contribution is 5.96. The fraction of sp³-hybridized carbons (Fsp3) is 0.417. The first kappa shape index (κ1) is 14.1. The largest absolute Gasteiger partial charge is 0.338 e. The number of hydrogen-bond donors (Lipinski definition) is 1. The molecule has 1 aromatic carbocycles. The predicted octanol–water partition coefficient (Wildman–Crippen LogP) is 1.32. The smallest absolute Gasteiger partial charge is 0.270 e. The summed E-state index contributed by atoms with van der Waals surface area (Å²) < 4.78 is 0. The number of carbonyl (C=O) groups excluding carboxylic acids is 1. The highest BCUT2D eigenvalue weighted by atomic mass is 16.6. The van der Waals surface area contributed by atoms with E-state index in [2.05, 4.69) is 0 Å². The van der Waals surface area contributed by atoms with Gasteiger partial charge in [0.1, 0.15) is 0 Å². The summed E-state index contributed by atoms with van der Waals surface area (Å²) in [6.45, 7) is 3.92. The van der Waals surface area contributed by atoms with Crippen LogP contribution >= 0.6 is 0 Å². The standard InChI is InChI=1S/C12H17N3O3/c1-8-4-5-10(15(17)18)6-11(8)12(16)14(3)9(2)7-13/h4-6,9H,7,13H2,1-3H3. The van der Waals surface area contributed by atoms with Gasteiger partial charge >= 0.3 is 0 Å². The molecule has 1 unspecified atom stereocenters. The van der Waals surface area contributed by atoms with Gasteiger partial charge in [-0.1, -0.05) is 6.07 Å². The van der Waals surface area contributed by atoms with Crippen molar-refractivity contribution >= 4 is 11.6 Å². The minimum Gasteiger partial charge on any atom is -0.338 e. The number of amides is 1. The first-order chi connectivity index (χ1) is 8.38. The Morgan fingerprint density at radius 2 is 2.17 bits per heavy atom. The first-order valence-corrected chi connectivity index (χ1v) is 5.60. The maximum Gasteiger partial charge on any atom is 0.270 e. The summed E-state index contributed by atoms with van der Waals surface area (Å²) in [5, 5.41) is 10.7. The molecule has 0 bridgehead atoms. The second kappa shape index (κ2) is 5.59. The second-order valence-electron chi connectivity index (χ2n) is 4.26. The minimum absolute atomic E-state index is 0.0854. The van der Waals surface area contributed by atoms with Crippen molar-refractivity contribution in [3.63, 3.8) is 0 Å². The van der Waals surface area contributed by atoms with Crippen molar-refractivity contribution in [1.29, 1.82) is 0 Å². The van der Waals surface area contributed by atoms with Gasteiger partial charge in [-0.3, -0.25) is 14.9 Å². The van der Waals surface area contributed by atoms with Crippen LogP contribution in [0.2, 0.25) is 0 Å². The molecule has 2 N–H and O–H groups in total. The summed E-state index contributed by atoms with van der Waals surface area (Å²) in [7, 11) is 1.64. The molecule has 0 saturated carbocycles. The lowest BCUT2D eigenvalue weighted by molar-refractivity contribution is -0.384. The van der Waals surface area contributed by atoms with E-state index in [1.54, 1.807) is 20.0 Å². The van der Waals surface area contributed by atoms with E-state index in [4.69, 9.17) is 5.73 Å². The van der Waals surface area contributed by atoms with E-state index in [9.17, 15) is 14.9 Å². The summed E-state index contributed by atoms with van der Waals surface area (Å²) in [5.74, 6) is -0.255. The average Bonchev–Trinajstić information content (AvgIpc) is 2.36. The Morgan fingerprint density at radius 3 is 2.67 bits per heavy atom. The van der Waals surface area contributed by atoms with Gasteiger partial charge in [-0.15, -0.1) is 0 Å². The molecule has 6 heteroatoms. The number of benzene rings is 1. The van der Waals surface area contributed by atoms with E-state index in [-0.39, 0.29) is 17.6 Å². The van der Waals surface area contributed by atoms with Crippen LogP contribution in [0.5, 0.6) is 0 Å². The van der Waals surface area contributed by atoms with Crippen LogP contribution in [0.3, 0.4) is 0 Å².